The second-order valence-corrected chi connectivity index (χ2v) is 14.7. The molecule has 3 rings (SSSR count). The van der Waals surface area contributed by atoms with Gasteiger partial charge in [-0.1, -0.05) is 138 Å². The molecule has 3 nitrogen and oxygen atoms in total. The summed E-state index contributed by atoms with van der Waals surface area (Å²) in [6.07, 6.45) is 0. The number of rotatable bonds is 11. The Labute approximate surface area is 244 Å². The van der Waals surface area contributed by atoms with E-state index in [9.17, 15) is 0 Å². The molecule has 40 heavy (non-hydrogen) atoms. The zero-order valence-electron chi connectivity index (χ0n) is 26.8. The van der Waals surface area contributed by atoms with E-state index in [2.05, 4.69) is 138 Å². The van der Waals surface area contributed by atoms with Gasteiger partial charge in [-0.2, -0.15) is 0 Å². The molecular formula is C36H51O3P. The third-order valence-electron chi connectivity index (χ3n) is 7.68. The van der Waals surface area contributed by atoms with Crippen LogP contribution in [0.5, 0.6) is 11.5 Å². The minimum atomic E-state index is -3.97. The predicted octanol–water partition coefficient (Wildman–Crippen LogP) is 11.4. The van der Waals surface area contributed by atoms with E-state index in [1.807, 2.05) is 0 Å². The average Bonchev–Trinajstić information content (AvgIpc) is 2.87. The van der Waals surface area contributed by atoms with E-state index in [4.69, 9.17) is 9.05 Å². The van der Waals surface area contributed by atoms with Crippen LogP contribution in [0.1, 0.15) is 152 Å². The van der Waals surface area contributed by atoms with Crippen LogP contribution in [0, 0.1) is 0 Å². The molecule has 0 atom stereocenters. The fraction of sp³-hybridized carbons (Fsp3) is 0.500. The summed E-state index contributed by atoms with van der Waals surface area (Å²) in [7, 11) is -3.97. The Bertz CT molecular complexity index is 1200. The summed E-state index contributed by atoms with van der Waals surface area (Å²) in [4.78, 5) is 0. The van der Waals surface area contributed by atoms with Gasteiger partial charge in [-0.3, -0.25) is 0 Å². The Kier molecular flexibility index (Phi) is 10.4. The van der Waals surface area contributed by atoms with Crippen molar-refractivity contribution >= 4 is 12.9 Å². The molecule has 0 fully saturated rings. The number of benzene rings is 3. The first-order valence-electron chi connectivity index (χ1n) is 15.1. The van der Waals surface area contributed by atoms with Crippen LogP contribution in [0.25, 0.3) is 0 Å². The molecule has 4 heteroatoms. The molecule has 0 saturated carbocycles. The molecule has 3 aromatic rings. The lowest BCUT2D eigenvalue weighted by Gasteiger charge is -2.31. The molecule has 0 bridgehead atoms. The van der Waals surface area contributed by atoms with Crippen molar-refractivity contribution in [3.05, 3.63) is 88.0 Å². The maximum absolute atomic E-state index is 15.9. The Balaban J connectivity index is 2.47. The van der Waals surface area contributed by atoms with Crippen LogP contribution in [0.15, 0.2) is 54.6 Å². The summed E-state index contributed by atoms with van der Waals surface area (Å²) in [5.41, 5.74) is 6.20. The third kappa shape index (κ3) is 6.68. The van der Waals surface area contributed by atoms with Gasteiger partial charge in [0.15, 0.2) is 0 Å². The van der Waals surface area contributed by atoms with Crippen molar-refractivity contribution in [2.45, 2.75) is 119 Å². The summed E-state index contributed by atoms with van der Waals surface area (Å²) in [6, 6.07) is 18.8. The number of hydrogen-bond donors (Lipinski definition) is 0. The first kappa shape index (κ1) is 32.0. The van der Waals surface area contributed by atoms with Gasteiger partial charge in [0.1, 0.15) is 11.5 Å². The summed E-state index contributed by atoms with van der Waals surface area (Å²) in [6.45, 7) is 25.9. The van der Waals surface area contributed by atoms with Crippen LogP contribution in [-0.4, -0.2) is 0 Å². The highest BCUT2D eigenvalue weighted by atomic mass is 31.2. The Morgan fingerprint density at radius 3 is 0.875 bits per heavy atom. The lowest BCUT2D eigenvalue weighted by atomic mass is 9.94. The molecule has 0 spiro atoms. The van der Waals surface area contributed by atoms with Crippen LogP contribution in [0.3, 0.4) is 0 Å². The van der Waals surface area contributed by atoms with Crippen LogP contribution in [-0.2, 0) is 4.57 Å². The zero-order valence-corrected chi connectivity index (χ0v) is 27.7. The van der Waals surface area contributed by atoms with Crippen molar-refractivity contribution in [2.24, 2.45) is 0 Å². The Morgan fingerprint density at radius 1 is 0.425 bits per heavy atom. The molecule has 218 valence electrons. The van der Waals surface area contributed by atoms with E-state index in [-0.39, 0.29) is 35.5 Å². The van der Waals surface area contributed by atoms with Gasteiger partial charge in [0.2, 0.25) is 0 Å². The van der Waals surface area contributed by atoms with E-state index < -0.39 is 7.60 Å². The Hall–Kier alpha value is -2.51. The molecule has 0 unspecified atom stereocenters. The van der Waals surface area contributed by atoms with Gasteiger partial charge in [0.05, 0.1) is 5.30 Å². The summed E-state index contributed by atoms with van der Waals surface area (Å²) >= 11 is 0. The quantitative estimate of drug-likeness (QED) is 0.218. The molecule has 0 N–H and O–H groups in total. The molecule has 0 aliphatic rings. The van der Waals surface area contributed by atoms with Gasteiger partial charge in [-0.15, -0.1) is 0 Å². The van der Waals surface area contributed by atoms with E-state index in [1.54, 1.807) is 0 Å². The number of hydrogen-bond acceptors (Lipinski definition) is 3. The van der Waals surface area contributed by atoms with Gasteiger partial charge in [0, 0.05) is 0 Å². The highest BCUT2D eigenvalue weighted by molar-refractivity contribution is 7.63. The van der Waals surface area contributed by atoms with E-state index in [0.29, 0.717) is 16.8 Å². The minimum absolute atomic E-state index is 0.143. The maximum atomic E-state index is 15.9. The maximum Gasteiger partial charge on any atom is 0.463 e. The molecule has 0 heterocycles. The highest BCUT2D eigenvalue weighted by Gasteiger charge is 2.40. The second kappa shape index (κ2) is 13.0. The first-order valence-corrected chi connectivity index (χ1v) is 16.6. The van der Waals surface area contributed by atoms with Crippen molar-refractivity contribution < 1.29 is 13.6 Å². The minimum Gasteiger partial charge on any atom is -0.412 e. The first-order chi connectivity index (χ1) is 18.7. The van der Waals surface area contributed by atoms with Gasteiger partial charge < -0.3 is 9.05 Å². The van der Waals surface area contributed by atoms with Crippen molar-refractivity contribution in [3.63, 3.8) is 0 Å². The average molecular weight is 563 g/mol. The predicted molar refractivity (Wildman–Crippen MR) is 172 cm³/mol. The topological polar surface area (TPSA) is 35.5 Å². The van der Waals surface area contributed by atoms with Crippen LogP contribution < -0.4 is 14.4 Å². The van der Waals surface area contributed by atoms with Crippen LogP contribution in [0.2, 0.25) is 0 Å². The van der Waals surface area contributed by atoms with Crippen molar-refractivity contribution in [2.75, 3.05) is 0 Å². The van der Waals surface area contributed by atoms with Gasteiger partial charge in [-0.05, 0) is 68.9 Å². The summed E-state index contributed by atoms with van der Waals surface area (Å²) < 4.78 is 29.8. The smallest absolute Gasteiger partial charge is 0.412 e. The molecule has 0 radical (unpaired) electrons. The highest BCUT2D eigenvalue weighted by Crippen LogP contribution is 2.55. The van der Waals surface area contributed by atoms with E-state index in [1.165, 1.54) is 0 Å². The summed E-state index contributed by atoms with van der Waals surface area (Å²) in [5.74, 6) is 2.45. The largest absolute Gasteiger partial charge is 0.463 e. The molecule has 0 amide bonds. The lowest BCUT2D eigenvalue weighted by molar-refractivity contribution is 0.388. The Morgan fingerprint density at radius 2 is 0.650 bits per heavy atom. The number of para-hydroxylation sites is 2. The normalized spacial score (nSPS) is 12.4. The SMILES string of the molecule is CC(C)c1cccc(C(C)C)c1OP(=O)(Oc1c(C(C)C)cccc1C(C)C)c1c(C(C)C)cccc1C(C)C. The van der Waals surface area contributed by atoms with E-state index >= 15 is 4.57 Å². The van der Waals surface area contributed by atoms with Gasteiger partial charge >= 0.3 is 7.60 Å². The summed E-state index contributed by atoms with van der Waals surface area (Å²) in [5, 5.41) is 0.710. The van der Waals surface area contributed by atoms with Crippen molar-refractivity contribution in [1.29, 1.82) is 0 Å². The lowest BCUT2D eigenvalue weighted by Crippen LogP contribution is -2.25. The molecule has 0 aliphatic carbocycles. The third-order valence-corrected chi connectivity index (χ3v) is 9.59. The van der Waals surface area contributed by atoms with Crippen LogP contribution >= 0.6 is 7.60 Å². The van der Waals surface area contributed by atoms with Gasteiger partial charge in [-0.25, -0.2) is 4.57 Å². The monoisotopic (exact) mass is 562 g/mol. The zero-order chi connectivity index (χ0) is 29.9. The van der Waals surface area contributed by atoms with Crippen LogP contribution in [0.4, 0.5) is 0 Å². The fourth-order valence-corrected chi connectivity index (χ4v) is 7.77. The van der Waals surface area contributed by atoms with Crippen molar-refractivity contribution in [1.82, 2.24) is 0 Å². The molecular weight excluding hydrogens is 511 g/mol. The standard InChI is InChI=1S/C36H51O3P/c1-22(2)28-16-13-17-29(23(3)4)34(28)38-40(37,36-32(26(9)10)20-15-21-33(36)27(11)12)39-35-30(24(5)6)18-14-19-31(35)25(7)8/h13-27H,1-12H3. The van der Waals surface area contributed by atoms with Crippen molar-refractivity contribution in [3.8, 4) is 11.5 Å². The fourth-order valence-electron chi connectivity index (χ4n) is 5.35. The van der Waals surface area contributed by atoms with E-state index in [0.717, 1.165) is 33.4 Å². The molecule has 0 saturated heterocycles. The molecule has 3 aromatic carbocycles. The van der Waals surface area contributed by atoms with Gasteiger partial charge in [0.25, 0.3) is 0 Å². The molecule has 0 aromatic heterocycles. The second-order valence-electron chi connectivity index (χ2n) is 12.9. The molecule has 0 aliphatic heterocycles.